The summed E-state index contributed by atoms with van der Waals surface area (Å²) in [7, 11) is 0. The molecule has 1 aliphatic heterocycles. The van der Waals surface area contributed by atoms with Crippen molar-refractivity contribution in [2.75, 3.05) is 19.6 Å². The van der Waals surface area contributed by atoms with E-state index in [0.29, 0.717) is 18.5 Å². The van der Waals surface area contributed by atoms with Crippen molar-refractivity contribution >= 4 is 0 Å². The van der Waals surface area contributed by atoms with Crippen molar-refractivity contribution in [3.63, 3.8) is 0 Å². The van der Waals surface area contributed by atoms with Crippen LogP contribution in [0.15, 0.2) is 0 Å². The smallest absolute Gasteiger partial charge is 0.303 e. The highest BCUT2D eigenvalue weighted by atomic mass is 19.4. The second-order valence-electron chi connectivity index (χ2n) is 6.68. The van der Waals surface area contributed by atoms with Gasteiger partial charge in [0.25, 0.3) is 0 Å². The zero-order valence-corrected chi connectivity index (χ0v) is 11.8. The molecule has 0 radical (unpaired) electrons. The van der Waals surface area contributed by atoms with Gasteiger partial charge in [-0.1, -0.05) is 27.2 Å². The number of hydrogen-bond acceptors (Lipinski definition) is 1. The maximum atomic E-state index is 12.5. The van der Waals surface area contributed by atoms with Gasteiger partial charge in [-0.3, -0.25) is 0 Å². The van der Waals surface area contributed by atoms with Gasteiger partial charge in [0.2, 0.25) is 0 Å². The summed E-state index contributed by atoms with van der Waals surface area (Å²) in [6, 6.07) is 0. The van der Waals surface area contributed by atoms with Crippen molar-refractivity contribution in [1.82, 2.24) is 4.90 Å². The Morgan fingerprint density at radius 2 is 1.56 bits per heavy atom. The Bertz CT molecular complexity index is 234. The second-order valence-corrected chi connectivity index (χ2v) is 6.68. The molecule has 0 bridgehead atoms. The molecule has 1 saturated heterocycles. The second kappa shape index (κ2) is 6.27. The predicted molar refractivity (Wildman–Crippen MR) is 68.5 cm³/mol. The van der Waals surface area contributed by atoms with Gasteiger partial charge in [0.05, 0.1) is 5.92 Å². The van der Waals surface area contributed by atoms with E-state index in [9.17, 15) is 13.2 Å². The van der Waals surface area contributed by atoms with Crippen LogP contribution in [-0.4, -0.2) is 30.7 Å². The Morgan fingerprint density at radius 3 is 2.00 bits per heavy atom. The van der Waals surface area contributed by atoms with Crippen LogP contribution in [0.3, 0.4) is 0 Å². The van der Waals surface area contributed by atoms with E-state index in [-0.39, 0.29) is 12.8 Å². The minimum atomic E-state index is -3.99. The van der Waals surface area contributed by atoms with Crippen molar-refractivity contribution in [1.29, 1.82) is 0 Å². The fourth-order valence-corrected chi connectivity index (χ4v) is 2.47. The van der Waals surface area contributed by atoms with Crippen LogP contribution in [0.5, 0.6) is 0 Å². The van der Waals surface area contributed by atoms with Gasteiger partial charge in [-0.25, -0.2) is 0 Å². The van der Waals surface area contributed by atoms with Gasteiger partial charge in [-0.15, -0.1) is 0 Å². The van der Waals surface area contributed by atoms with Gasteiger partial charge in [-0.2, -0.15) is 13.2 Å². The van der Waals surface area contributed by atoms with Gasteiger partial charge in [0.15, 0.2) is 0 Å². The van der Waals surface area contributed by atoms with E-state index >= 15 is 0 Å². The average Bonchev–Trinajstić information content (AvgIpc) is 2.22. The summed E-state index contributed by atoms with van der Waals surface area (Å²) in [6.45, 7) is 8.85. The first-order valence-electron chi connectivity index (χ1n) is 6.97. The largest absolute Gasteiger partial charge is 0.391 e. The molecule has 0 unspecified atom stereocenters. The van der Waals surface area contributed by atoms with Gasteiger partial charge < -0.3 is 4.90 Å². The van der Waals surface area contributed by atoms with E-state index in [1.54, 1.807) is 0 Å². The molecule has 0 aliphatic carbocycles. The highest BCUT2D eigenvalue weighted by molar-refractivity contribution is 4.77. The Balaban J connectivity index is 2.13. The molecule has 0 saturated carbocycles. The Kier molecular flexibility index (Phi) is 5.50. The summed E-state index contributed by atoms with van der Waals surface area (Å²) in [6.07, 6.45) is 0.0343. The number of halogens is 3. The molecular weight excluding hydrogens is 239 g/mol. The molecule has 0 aromatic rings. The lowest BCUT2D eigenvalue weighted by atomic mass is 9.89. The molecule has 0 atom stereocenters. The van der Waals surface area contributed by atoms with Crippen LogP contribution in [0, 0.1) is 11.3 Å². The summed E-state index contributed by atoms with van der Waals surface area (Å²) in [4.78, 5) is 2.19. The monoisotopic (exact) mass is 265 g/mol. The Hall–Kier alpha value is -0.250. The molecule has 1 nitrogen and oxygen atoms in total. The fourth-order valence-electron chi connectivity index (χ4n) is 2.47. The van der Waals surface area contributed by atoms with E-state index in [1.165, 1.54) is 12.8 Å². The molecule has 0 N–H and O–H groups in total. The summed E-state index contributed by atoms with van der Waals surface area (Å²) in [5.41, 5.74) is 0.364. The van der Waals surface area contributed by atoms with Crippen molar-refractivity contribution in [3.8, 4) is 0 Å². The van der Waals surface area contributed by atoms with Gasteiger partial charge in [-0.05, 0) is 50.7 Å². The lowest BCUT2D eigenvalue weighted by Gasteiger charge is -2.33. The SMILES string of the molecule is CC(C)(C)CCCCN1CCC(C(F)(F)F)CC1. The maximum absolute atomic E-state index is 12.5. The number of alkyl halides is 3. The molecule has 0 amide bonds. The third kappa shape index (κ3) is 6.07. The normalized spacial score (nSPS) is 20.3. The molecule has 4 heteroatoms. The highest BCUT2D eigenvalue weighted by Gasteiger charge is 2.40. The summed E-state index contributed by atoms with van der Waals surface area (Å²) < 4.78 is 37.5. The molecular formula is C14H26F3N. The first kappa shape index (κ1) is 15.8. The molecule has 0 aromatic carbocycles. The number of likely N-dealkylation sites (tertiary alicyclic amines) is 1. The first-order chi connectivity index (χ1) is 8.18. The Labute approximate surface area is 109 Å². The van der Waals surface area contributed by atoms with E-state index in [2.05, 4.69) is 25.7 Å². The van der Waals surface area contributed by atoms with Crippen LogP contribution in [0.1, 0.15) is 52.9 Å². The highest BCUT2D eigenvalue weighted by Crippen LogP contribution is 2.34. The number of hydrogen-bond donors (Lipinski definition) is 0. The molecule has 0 aromatic heterocycles. The topological polar surface area (TPSA) is 3.24 Å². The molecule has 1 fully saturated rings. The Morgan fingerprint density at radius 1 is 1.00 bits per heavy atom. The van der Waals surface area contributed by atoms with Crippen molar-refractivity contribution < 1.29 is 13.2 Å². The van der Waals surface area contributed by atoms with E-state index < -0.39 is 12.1 Å². The van der Waals surface area contributed by atoms with Crippen molar-refractivity contribution in [2.45, 2.75) is 59.1 Å². The average molecular weight is 265 g/mol. The number of unbranched alkanes of at least 4 members (excludes halogenated alkanes) is 1. The molecule has 108 valence electrons. The number of piperidine rings is 1. The van der Waals surface area contributed by atoms with Crippen LogP contribution >= 0.6 is 0 Å². The first-order valence-corrected chi connectivity index (χ1v) is 6.97. The van der Waals surface area contributed by atoms with Crippen molar-refractivity contribution in [3.05, 3.63) is 0 Å². The molecule has 0 spiro atoms. The van der Waals surface area contributed by atoms with E-state index in [4.69, 9.17) is 0 Å². The summed E-state index contributed by atoms with van der Waals surface area (Å²) >= 11 is 0. The number of rotatable bonds is 4. The molecule has 1 rings (SSSR count). The van der Waals surface area contributed by atoms with Crippen LogP contribution in [0.4, 0.5) is 13.2 Å². The fraction of sp³-hybridized carbons (Fsp3) is 1.00. The molecule has 1 aliphatic rings. The number of nitrogens with zero attached hydrogens (tertiary/aromatic N) is 1. The van der Waals surface area contributed by atoms with Gasteiger partial charge >= 0.3 is 6.18 Å². The maximum Gasteiger partial charge on any atom is 0.391 e. The van der Waals surface area contributed by atoms with Crippen LogP contribution in [0.2, 0.25) is 0 Å². The lowest BCUT2D eigenvalue weighted by Crippen LogP contribution is -2.39. The lowest BCUT2D eigenvalue weighted by molar-refractivity contribution is -0.185. The third-order valence-corrected chi connectivity index (χ3v) is 3.70. The van der Waals surface area contributed by atoms with Crippen molar-refractivity contribution in [2.24, 2.45) is 11.3 Å². The molecule has 18 heavy (non-hydrogen) atoms. The minimum absolute atomic E-state index is 0.281. The van der Waals surface area contributed by atoms with Crippen LogP contribution < -0.4 is 0 Å². The van der Waals surface area contributed by atoms with Gasteiger partial charge in [0.1, 0.15) is 0 Å². The van der Waals surface area contributed by atoms with Gasteiger partial charge in [0, 0.05) is 0 Å². The summed E-state index contributed by atoms with van der Waals surface area (Å²) in [5.74, 6) is -1.07. The zero-order valence-electron chi connectivity index (χ0n) is 11.8. The van der Waals surface area contributed by atoms with Crippen LogP contribution in [-0.2, 0) is 0 Å². The third-order valence-electron chi connectivity index (χ3n) is 3.70. The van der Waals surface area contributed by atoms with E-state index in [1.807, 2.05) is 0 Å². The summed E-state index contributed by atoms with van der Waals surface area (Å²) in [5, 5.41) is 0. The standard InChI is InChI=1S/C14H26F3N/c1-13(2,3)8-4-5-9-18-10-6-12(7-11-18)14(15,16)17/h12H,4-11H2,1-3H3. The zero-order chi connectivity index (χ0) is 13.8. The van der Waals surface area contributed by atoms with Crippen LogP contribution in [0.25, 0.3) is 0 Å². The molecule has 1 heterocycles. The quantitative estimate of drug-likeness (QED) is 0.677. The van der Waals surface area contributed by atoms with E-state index in [0.717, 1.165) is 13.0 Å². The predicted octanol–water partition coefficient (Wildman–Crippen LogP) is 4.48. The minimum Gasteiger partial charge on any atom is -0.303 e.